The van der Waals surface area contributed by atoms with Crippen molar-refractivity contribution in [3.05, 3.63) is 0 Å². The third-order valence-corrected chi connectivity index (χ3v) is 2.00. The summed E-state index contributed by atoms with van der Waals surface area (Å²) in [6.07, 6.45) is 2.19. The van der Waals surface area contributed by atoms with E-state index < -0.39 is 6.09 Å². The average Bonchev–Trinajstić information content (AvgIpc) is 2.04. The van der Waals surface area contributed by atoms with Crippen molar-refractivity contribution in [1.82, 2.24) is 5.32 Å². The second-order valence-electron chi connectivity index (χ2n) is 3.04. The van der Waals surface area contributed by atoms with Gasteiger partial charge in [-0.2, -0.15) is 0 Å². The molecule has 0 spiro atoms. The standard InChI is InChI=1S/C9H17NO3/c1-3-5-6-7(4-2)8(11)10-9(12)13/h7H,3-6H2,1-2H3,(H,10,11)(H,12,13). The predicted octanol–water partition coefficient (Wildman–Crippen LogP) is 2.00. The zero-order chi connectivity index (χ0) is 10.3. The fraction of sp³-hybridized carbons (Fsp3) is 0.778. The van der Waals surface area contributed by atoms with Gasteiger partial charge in [0.25, 0.3) is 0 Å². The molecule has 0 aliphatic carbocycles. The second-order valence-corrected chi connectivity index (χ2v) is 3.04. The number of carbonyl (C=O) groups excluding carboxylic acids is 1. The molecule has 0 heterocycles. The summed E-state index contributed by atoms with van der Waals surface area (Å²) in [7, 11) is 0. The molecule has 0 aromatic rings. The summed E-state index contributed by atoms with van der Waals surface area (Å²) in [4.78, 5) is 21.4. The maximum absolute atomic E-state index is 11.2. The lowest BCUT2D eigenvalue weighted by atomic mass is 9.99. The van der Waals surface area contributed by atoms with E-state index in [4.69, 9.17) is 5.11 Å². The molecular formula is C9H17NO3. The van der Waals surface area contributed by atoms with Crippen LogP contribution in [0.2, 0.25) is 0 Å². The molecule has 0 saturated carbocycles. The number of nitrogens with one attached hydrogen (secondary N) is 1. The van der Waals surface area contributed by atoms with Crippen molar-refractivity contribution in [2.75, 3.05) is 0 Å². The number of unbranched alkanes of at least 4 members (excludes halogenated alkanes) is 1. The van der Waals surface area contributed by atoms with Crippen molar-refractivity contribution in [3.8, 4) is 0 Å². The Labute approximate surface area is 78.3 Å². The minimum atomic E-state index is -1.26. The van der Waals surface area contributed by atoms with E-state index in [9.17, 15) is 9.59 Å². The number of amides is 2. The molecule has 76 valence electrons. The molecule has 0 aromatic heterocycles. The topological polar surface area (TPSA) is 66.4 Å². The van der Waals surface area contributed by atoms with Crippen LogP contribution in [0.15, 0.2) is 0 Å². The fourth-order valence-corrected chi connectivity index (χ4v) is 1.18. The molecule has 2 N–H and O–H groups in total. The van der Waals surface area contributed by atoms with Crippen molar-refractivity contribution in [3.63, 3.8) is 0 Å². The van der Waals surface area contributed by atoms with Crippen LogP contribution >= 0.6 is 0 Å². The Balaban J connectivity index is 3.91. The summed E-state index contributed by atoms with van der Waals surface area (Å²) in [6, 6.07) is 0. The SMILES string of the molecule is CCCCC(CC)C(=O)NC(=O)O. The maximum atomic E-state index is 11.2. The summed E-state index contributed by atoms with van der Waals surface area (Å²) in [6.45, 7) is 3.93. The lowest BCUT2D eigenvalue weighted by Crippen LogP contribution is -2.34. The highest BCUT2D eigenvalue weighted by Crippen LogP contribution is 2.12. The molecule has 13 heavy (non-hydrogen) atoms. The van der Waals surface area contributed by atoms with Crippen LogP contribution < -0.4 is 5.32 Å². The third-order valence-electron chi connectivity index (χ3n) is 2.00. The zero-order valence-corrected chi connectivity index (χ0v) is 8.17. The average molecular weight is 187 g/mol. The van der Waals surface area contributed by atoms with Crippen LogP contribution in [-0.2, 0) is 4.79 Å². The van der Waals surface area contributed by atoms with Crippen molar-refractivity contribution < 1.29 is 14.7 Å². The van der Waals surface area contributed by atoms with E-state index in [2.05, 4.69) is 0 Å². The molecule has 0 rings (SSSR count). The highest BCUT2D eigenvalue weighted by Gasteiger charge is 2.17. The number of rotatable bonds is 5. The van der Waals surface area contributed by atoms with Gasteiger partial charge in [-0.1, -0.05) is 26.7 Å². The first-order valence-corrected chi connectivity index (χ1v) is 4.65. The monoisotopic (exact) mass is 187 g/mol. The second kappa shape index (κ2) is 6.46. The van der Waals surface area contributed by atoms with Crippen LogP contribution in [0.3, 0.4) is 0 Å². The smallest absolute Gasteiger partial charge is 0.411 e. The number of imide groups is 1. The zero-order valence-electron chi connectivity index (χ0n) is 8.17. The van der Waals surface area contributed by atoms with E-state index in [-0.39, 0.29) is 11.8 Å². The Morgan fingerprint density at radius 2 is 2.00 bits per heavy atom. The van der Waals surface area contributed by atoms with Crippen LogP contribution in [0, 0.1) is 5.92 Å². The normalized spacial score (nSPS) is 12.2. The molecular weight excluding hydrogens is 170 g/mol. The van der Waals surface area contributed by atoms with Crippen molar-refractivity contribution in [2.45, 2.75) is 39.5 Å². The highest BCUT2D eigenvalue weighted by molar-refractivity contribution is 5.92. The van der Waals surface area contributed by atoms with E-state index in [1.807, 2.05) is 19.2 Å². The number of carboxylic acid groups (broad SMARTS) is 1. The van der Waals surface area contributed by atoms with Crippen LogP contribution in [0.25, 0.3) is 0 Å². The van der Waals surface area contributed by atoms with Crippen molar-refractivity contribution in [2.24, 2.45) is 5.92 Å². The fourth-order valence-electron chi connectivity index (χ4n) is 1.18. The molecule has 1 atom stereocenters. The minimum Gasteiger partial charge on any atom is -0.465 e. The van der Waals surface area contributed by atoms with Gasteiger partial charge in [-0.25, -0.2) is 4.79 Å². The van der Waals surface area contributed by atoms with E-state index in [1.54, 1.807) is 0 Å². The first kappa shape index (κ1) is 11.9. The Bertz CT molecular complexity index is 180. The number of carbonyl (C=O) groups is 2. The van der Waals surface area contributed by atoms with Gasteiger partial charge in [0.2, 0.25) is 5.91 Å². The summed E-state index contributed by atoms with van der Waals surface area (Å²) >= 11 is 0. The summed E-state index contributed by atoms with van der Waals surface area (Å²) in [5.41, 5.74) is 0. The molecule has 0 fully saturated rings. The van der Waals surface area contributed by atoms with E-state index in [0.717, 1.165) is 19.3 Å². The first-order valence-electron chi connectivity index (χ1n) is 4.65. The van der Waals surface area contributed by atoms with Crippen LogP contribution in [0.1, 0.15) is 39.5 Å². The molecule has 0 bridgehead atoms. The van der Waals surface area contributed by atoms with Gasteiger partial charge in [0.15, 0.2) is 0 Å². The van der Waals surface area contributed by atoms with Crippen LogP contribution in [-0.4, -0.2) is 17.1 Å². The van der Waals surface area contributed by atoms with Gasteiger partial charge in [-0.05, 0) is 12.8 Å². The van der Waals surface area contributed by atoms with Crippen LogP contribution in [0.4, 0.5) is 4.79 Å². The molecule has 0 radical (unpaired) electrons. The number of hydrogen-bond acceptors (Lipinski definition) is 2. The van der Waals surface area contributed by atoms with E-state index in [1.165, 1.54) is 0 Å². The molecule has 2 amide bonds. The quantitative estimate of drug-likeness (QED) is 0.691. The van der Waals surface area contributed by atoms with Gasteiger partial charge in [0, 0.05) is 5.92 Å². The largest absolute Gasteiger partial charge is 0.465 e. The molecule has 0 saturated heterocycles. The maximum Gasteiger partial charge on any atom is 0.411 e. The molecule has 0 aliphatic heterocycles. The van der Waals surface area contributed by atoms with Gasteiger partial charge in [-0.15, -0.1) is 0 Å². The first-order chi connectivity index (χ1) is 6.11. The third kappa shape index (κ3) is 5.22. The predicted molar refractivity (Wildman–Crippen MR) is 49.5 cm³/mol. The summed E-state index contributed by atoms with van der Waals surface area (Å²) < 4.78 is 0. The summed E-state index contributed by atoms with van der Waals surface area (Å²) in [5.74, 6) is -0.528. The minimum absolute atomic E-state index is 0.156. The van der Waals surface area contributed by atoms with Crippen molar-refractivity contribution in [1.29, 1.82) is 0 Å². The molecule has 0 aromatic carbocycles. The molecule has 4 heteroatoms. The Morgan fingerprint density at radius 1 is 1.38 bits per heavy atom. The van der Waals surface area contributed by atoms with Gasteiger partial charge >= 0.3 is 6.09 Å². The lowest BCUT2D eigenvalue weighted by molar-refractivity contribution is -0.124. The molecule has 4 nitrogen and oxygen atoms in total. The highest BCUT2D eigenvalue weighted by atomic mass is 16.4. The van der Waals surface area contributed by atoms with E-state index in [0.29, 0.717) is 6.42 Å². The van der Waals surface area contributed by atoms with Gasteiger partial charge in [-0.3, -0.25) is 10.1 Å². The summed E-state index contributed by atoms with van der Waals surface area (Å²) in [5, 5.41) is 10.2. The van der Waals surface area contributed by atoms with Gasteiger partial charge < -0.3 is 5.11 Å². The van der Waals surface area contributed by atoms with Crippen LogP contribution in [0.5, 0.6) is 0 Å². The van der Waals surface area contributed by atoms with Gasteiger partial charge in [0.05, 0.1) is 0 Å². The van der Waals surface area contributed by atoms with Crippen molar-refractivity contribution >= 4 is 12.0 Å². The lowest BCUT2D eigenvalue weighted by Gasteiger charge is -2.11. The molecule has 0 aliphatic rings. The Hall–Kier alpha value is -1.06. The van der Waals surface area contributed by atoms with E-state index >= 15 is 0 Å². The Kier molecular flexibility index (Phi) is 5.93. The Morgan fingerprint density at radius 3 is 2.38 bits per heavy atom. The number of hydrogen-bond donors (Lipinski definition) is 2. The molecule has 1 unspecified atom stereocenters. The van der Waals surface area contributed by atoms with Gasteiger partial charge in [0.1, 0.15) is 0 Å².